The minimum absolute atomic E-state index is 0.605. The number of esters is 1. The van der Waals surface area contributed by atoms with Crippen molar-refractivity contribution in [1.82, 2.24) is 0 Å². The molecule has 2 aliphatic heterocycles. The lowest BCUT2D eigenvalue weighted by atomic mass is 9.99. The monoisotopic (exact) mass is 338 g/mol. The highest BCUT2D eigenvalue weighted by Gasteiger charge is 2.48. The Morgan fingerprint density at radius 1 is 1.13 bits per heavy atom. The molecule has 0 saturated carbocycles. The minimum atomic E-state index is -1.78. The fraction of sp³-hybridized carbons (Fsp3) is 0.750. The molecule has 11 nitrogen and oxygen atoms in total. The van der Waals surface area contributed by atoms with Crippen molar-refractivity contribution in [2.75, 3.05) is 13.2 Å². The number of cyclic esters (lactones) is 1. The molecule has 0 aromatic carbocycles. The summed E-state index contributed by atoms with van der Waals surface area (Å²) < 4.78 is 14.6. The molecule has 0 amide bonds. The van der Waals surface area contributed by atoms with Gasteiger partial charge in [-0.05, 0) is 0 Å². The average molecular weight is 338 g/mol. The van der Waals surface area contributed by atoms with E-state index in [1.807, 2.05) is 0 Å². The summed E-state index contributed by atoms with van der Waals surface area (Å²) in [7, 11) is 0. The van der Waals surface area contributed by atoms with Gasteiger partial charge in [0.15, 0.2) is 17.8 Å². The van der Waals surface area contributed by atoms with Gasteiger partial charge >= 0.3 is 5.97 Å². The van der Waals surface area contributed by atoms with Crippen molar-refractivity contribution in [3.8, 4) is 0 Å². The Morgan fingerprint density at radius 2 is 1.78 bits per heavy atom. The number of carbonyl (C=O) groups is 1. The van der Waals surface area contributed by atoms with Gasteiger partial charge in [-0.25, -0.2) is 4.79 Å². The Bertz CT molecular complexity index is 476. The van der Waals surface area contributed by atoms with Gasteiger partial charge in [0.2, 0.25) is 6.10 Å². The topological polar surface area (TPSA) is 186 Å². The van der Waals surface area contributed by atoms with Crippen LogP contribution in [0.1, 0.15) is 0 Å². The van der Waals surface area contributed by atoms with E-state index in [-0.39, 0.29) is 0 Å². The summed E-state index contributed by atoms with van der Waals surface area (Å²) >= 11 is 0. The maximum absolute atomic E-state index is 11.7. The van der Waals surface area contributed by atoms with Crippen LogP contribution in [0.3, 0.4) is 0 Å². The second-order valence-corrected chi connectivity index (χ2v) is 5.08. The first-order valence-corrected chi connectivity index (χ1v) is 6.71. The molecule has 2 aliphatic rings. The molecule has 0 aliphatic carbocycles. The summed E-state index contributed by atoms with van der Waals surface area (Å²) in [5.41, 5.74) is 0. The summed E-state index contributed by atoms with van der Waals surface area (Å²) in [6, 6.07) is 0. The average Bonchev–Trinajstić information content (AvgIpc) is 2.82. The Balaban J connectivity index is 2.14. The highest BCUT2D eigenvalue weighted by atomic mass is 16.7. The number of aliphatic hydroxyl groups is 7. The van der Waals surface area contributed by atoms with Crippen molar-refractivity contribution in [3.05, 3.63) is 11.5 Å². The number of hydrogen-bond donors (Lipinski definition) is 7. The molecular weight excluding hydrogens is 320 g/mol. The highest BCUT2D eigenvalue weighted by molar-refractivity contribution is 5.82. The zero-order chi connectivity index (χ0) is 17.3. The van der Waals surface area contributed by atoms with E-state index in [1.165, 1.54) is 0 Å². The highest BCUT2D eigenvalue weighted by Crippen LogP contribution is 2.29. The summed E-state index contributed by atoms with van der Waals surface area (Å²) in [4.78, 5) is 11.7. The van der Waals surface area contributed by atoms with Gasteiger partial charge in [0, 0.05) is 0 Å². The third-order valence-electron chi connectivity index (χ3n) is 3.52. The van der Waals surface area contributed by atoms with Crippen molar-refractivity contribution < 1.29 is 54.8 Å². The summed E-state index contributed by atoms with van der Waals surface area (Å²) in [5.74, 6) is -2.57. The predicted molar refractivity (Wildman–Crippen MR) is 67.5 cm³/mol. The molecule has 2 heterocycles. The normalized spacial score (nSPS) is 39.5. The third kappa shape index (κ3) is 3.32. The van der Waals surface area contributed by atoms with E-state index in [2.05, 4.69) is 4.74 Å². The zero-order valence-corrected chi connectivity index (χ0v) is 11.7. The largest absolute Gasteiger partial charge is 0.506 e. The van der Waals surface area contributed by atoms with Crippen LogP contribution >= 0.6 is 0 Å². The van der Waals surface area contributed by atoms with Gasteiger partial charge in [0.1, 0.15) is 30.5 Å². The summed E-state index contributed by atoms with van der Waals surface area (Å²) in [6.45, 7) is -1.52. The molecule has 1 saturated heterocycles. The van der Waals surface area contributed by atoms with Crippen LogP contribution in [0.2, 0.25) is 0 Å². The van der Waals surface area contributed by atoms with E-state index < -0.39 is 73.6 Å². The third-order valence-corrected chi connectivity index (χ3v) is 3.52. The Morgan fingerprint density at radius 3 is 2.35 bits per heavy atom. The van der Waals surface area contributed by atoms with Gasteiger partial charge in [0.25, 0.3) is 0 Å². The lowest BCUT2D eigenvalue weighted by molar-refractivity contribution is -0.307. The SMILES string of the molecule is O=C1OC(C(O)CO)=C(O)C1OC1OC(CO)[C@@H](O)[C@H](O)[C@@H]1O. The molecule has 132 valence electrons. The second-order valence-electron chi connectivity index (χ2n) is 5.08. The number of rotatable bonds is 5. The van der Waals surface area contributed by atoms with E-state index in [0.29, 0.717) is 0 Å². The fourth-order valence-corrected chi connectivity index (χ4v) is 2.21. The van der Waals surface area contributed by atoms with Crippen molar-refractivity contribution >= 4 is 5.97 Å². The van der Waals surface area contributed by atoms with Gasteiger partial charge in [-0.2, -0.15) is 0 Å². The van der Waals surface area contributed by atoms with Crippen LogP contribution in [0.15, 0.2) is 11.5 Å². The van der Waals surface area contributed by atoms with Crippen molar-refractivity contribution in [2.45, 2.75) is 42.9 Å². The Kier molecular flexibility index (Phi) is 5.54. The zero-order valence-electron chi connectivity index (χ0n) is 11.7. The van der Waals surface area contributed by atoms with E-state index in [9.17, 15) is 30.3 Å². The van der Waals surface area contributed by atoms with E-state index in [4.69, 9.17) is 19.7 Å². The lowest BCUT2D eigenvalue weighted by Gasteiger charge is -2.40. The van der Waals surface area contributed by atoms with Crippen LogP contribution in [0.5, 0.6) is 0 Å². The Hall–Kier alpha value is -1.31. The molecule has 2 rings (SSSR count). The quantitative estimate of drug-likeness (QED) is 0.241. The van der Waals surface area contributed by atoms with Crippen LogP contribution in [0, 0.1) is 0 Å². The molecular formula is C12H18O11. The molecule has 0 radical (unpaired) electrons. The van der Waals surface area contributed by atoms with Crippen LogP contribution in [0.4, 0.5) is 0 Å². The molecule has 7 atom stereocenters. The van der Waals surface area contributed by atoms with E-state index in [1.54, 1.807) is 0 Å². The summed E-state index contributed by atoms with van der Waals surface area (Å²) in [5, 5.41) is 66.1. The van der Waals surface area contributed by atoms with Gasteiger partial charge in [0.05, 0.1) is 13.2 Å². The molecule has 0 aromatic heterocycles. The molecule has 7 N–H and O–H groups in total. The van der Waals surface area contributed by atoms with Crippen molar-refractivity contribution in [2.24, 2.45) is 0 Å². The number of ether oxygens (including phenoxy) is 3. The van der Waals surface area contributed by atoms with Crippen LogP contribution in [0.25, 0.3) is 0 Å². The minimum Gasteiger partial charge on any atom is -0.506 e. The predicted octanol–water partition coefficient (Wildman–Crippen LogP) is -4.15. The van der Waals surface area contributed by atoms with Gasteiger partial charge in [-0.15, -0.1) is 0 Å². The molecule has 4 unspecified atom stereocenters. The summed E-state index contributed by atoms with van der Waals surface area (Å²) in [6.07, 6.45) is -11.5. The van der Waals surface area contributed by atoms with Crippen molar-refractivity contribution in [3.63, 3.8) is 0 Å². The standard InChI is InChI=1S/C12H18O11/c13-1-3(15)9-8(19)10(11(20)22-9)23-12-7(18)6(17)5(16)4(2-14)21-12/h3-7,10,12-19H,1-2H2/t3?,4?,5-,6+,7+,10?,12?/m1/s1. The van der Waals surface area contributed by atoms with Crippen LogP contribution in [-0.4, -0.2) is 97.8 Å². The first-order chi connectivity index (χ1) is 10.8. The Labute approximate surface area is 129 Å². The van der Waals surface area contributed by atoms with Crippen molar-refractivity contribution in [1.29, 1.82) is 0 Å². The lowest BCUT2D eigenvalue weighted by Crippen LogP contribution is -2.60. The van der Waals surface area contributed by atoms with E-state index in [0.717, 1.165) is 0 Å². The van der Waals surface area contributed by atoms with Gasteiger partial charge in [-0.1, -0.05) is 0 Å². The first-order valence-electron chi connectivity index (χ1n) is 6.71. The van der Waals surface area contributed by atoms with Gasteiger partial charge in [-0.3, -0.25) is 0 Å². The number of carbonyl (C=O) groups excluding carboxylic acids is 1. The number of aliphatic hydroxyl groups excluding tert-OH is 7. The first kappa shape index (κ1) is 18.0. The van der Waals surface area contributed by atoms with E-state index >= 15 is 0 Å². The maximum atomic E-state index is 11.7. The second kappa shape index (κ2) is 7.07. The molecule has 0 aromatic rings. The molecule has 11 heteroatoms. The maximum Gasteiger partial charge on any atom is 0.348 e. The van der Waals surface area contributed by atoms with Crippen LogP contribution < -0.4 is 0 Å². The fourth-order valence-electron chi connectivity index (χ4n) is 2.21. The molecule has 1 fully saturated rings. The molecule has 0 bridgehead atoms. The smallest absolute Gasteiger partial charge is 0.348 e. The van der Waals surface area contributed by atoms with Crippen LogP contribution in [-0.2, 0) is 19.0 Å². The van der Waals surface area contributed by atoms with Gasteiger partial charge < -0.3 is 50.0 Å². The number of hydrogen-bond acceptors (Lipinski definition) is 11. The molecule has 23 heavy (non-hydrogen) atoms. The molecule has 0 spiro atoms.